The summed E-state index contributed by atoms with van der Waals surface area (Å²) in [4.78, 5) is 15.8. The molecule has 3 heteroatoms. The Hall–Kier alpha value is -1.38. The van der Waals surface area contributed by atoms with Gasteiger partial charge in [-0.1, -0.05) is 13.3 Å². The van der Waals surface area contributed by atoms with Crippen molar-refractivity contribution in [2.24, 2.45) is 0 Å². The molecular weight excluding hydrogens is 202 g/mol. The Bertz CT molecular complexity index is 361. The second-order valence-corrected chi connectivity index (χ2v) is 3.78. The quantitative estimate of drug-likeness (QED) is 0.718. The lowest BCUT2D eigenvalue weighted by Gasteiger charge is -2.10. The average molecular weight is 221 g/mol. The van der Waals surface area contributed by atoms with Gasteiger partial charge < -0.3 is 4.74 Å². The molecule has 1 heterocycles. The van der Waals surface area contributed by atoms with Gasteiger partial charge in [0, 0.05) is 6.20 Å². The summed E-state index contributed by atoms with van der Waals surface area (Å²) in [5, 5.41) is 0. The molecule has 0 aliphatic rings. The van der Waals surface area contributed by atoms with E-state index < -0.39 is 0 Å². The second-order valence-electron chi connectivity index (χ2n) is 3.78. The van der Waals surface area contributed by atoms with Gasteiger partial charge in [-0.05, 0) is 43.9 Å². The zero-order valence-corrected chi connectivity index (χ0v) is 10.2. The number of carbonyl (C=O) groups is 1. The lowest BCUT2D eigenvalue weighted by Crippen LogP contribution is -2.11. The van der Waals surface area contributed by atoms with E-state index in [-0.39, 0.29) is 5.97 Å². The van der Waals surface area contributed by atoms with Crippen LogP contribution in [0, 0.1) is 6.92 Å². The van der Waals surface area contributed by atoms with Crippen LogP contribution in [-0.4, -0.2) is 17.6 Å². The summed E-state index contributed by atoms with van der Waals surface area (Å²) in [7, 11) is 0. The highest BCUT2D eigenvalue weighted by atomic mass is 16.5. The molecule has 0 amide bonds. The highest BCUT2D eigenvalue weighted by Gasteiger charge is 2.15. The maximum atomic E-state index is 11.7. The molecule has 0 saturated heterocycles. The molecule has 0 aliphatic carbocycles. The molecule has 0 bridgehead atoms. The van der Waals surface area contributed by atoms with E-state index >= 15 is 0 Å². The fraction of sp³-hybridized carbons (Fsp3) is 0.538. The van der Waals surface area contributed by atoms with E-state index in [0.29, 0.717) is 12.3 Å². The third-order valence-electron chi connectivity index (χ3n) is 2.54. The third kappa shape index (κ3) is 3.05. The molecule has 0 aliphatic heterocycles. The lowest BCUT2D eigenvalue weighted by atomic mass is 10.0. The third-order valence-corrected chi connectivity index (χ3v) is 2.54. The van der Waals surface area contributed by atoms with E-state index in [1.807, 2.05) is 13.0 Å². The van der Waals surface area contributed by atoms with E-state index in [1.54, 1.807) is 13.1 Å². The van der Waals surface area contributed by atoms with E-state index in [2.05, 4.69) is 11.9 Å². The monoisotopic (exact) mass is 221 g/mol. The zero-order valence-electron chi connectivity index (χ0n) is 10.2. The smallest absolute Gasteiger partial charge is 0.357 e. The SMILES string of the molecule is CCCCc1c(C)ccnc1C(=O)OCC. The Morgan fingerprint density at radius 3 is 2.81 bits per heavy atom. The van der Waals surface area contributed by atoms with Gasteiger partial charge in [0.05, 0.1) is 6.61 Å². The van der Waals surface area contributed by atoms with E-state index in [0.717, 1.165) is 30.4 Å². The summed E-state index contributed by atoms with van der Waals surface area (Å²) >= 11 is 0. The van der Waals surface area contributed by atoms with Crippen LogP contribution in [0.2, 0.25) is 0 Å². The molecule has 0 fully saturated rings. The molecule has 0 unspecified atom stereocenters. The van der Waals surface area contributed by atoms with Crippen molar-refractivity contribution in [2.75, 3.05) is 6.61 Å². The largest absolute Gasteiger partial charge is 0.461 e. The molecule has 0 aromatic carbocycles. The first kappa shape index (κ1) is 12.7. The number of hydrogen-bond acceptors (Lipinski definition) is 3. The number of rotatable bonds is 5. The number of esters is 1. The molecule has 0 saturated carbocycles. The number of aromatic nitrogens is 1. The maximum absolute atomic E-state index is 11.7. The number of pyridine rings is 1. The van der Waals surface area contributed by atoms with Gasteiger partial charge in [0.2, 0.25) is 0 Å². The standard InChI is InChI=1S/C13H19NO2/c1-4-6-7-11-10(3)8-9-14-12(11)13(15)16-5-2/h8-9H,4-7H2,1-3H3. The molecule has 0 N–H and O–H groups in total. The summed E-state index contributed by atoms with van der Waals surface area (Å²) < 4.78 is 5.00. The van der Waals surface area contributed by atoms with Crippen LogP contribution in [-0.2, 0) is 11.2 Å². The molecule has 0 atom stereocenters. The van der Waals surface area contributed by atoms with Gasteiger partial charge in [-0.3, -0.25) is 0 Å². The van der Waals surface area contributed by atoms with Crippen LogP contribution in [0.4, 0.5) is 0 Å². The van der Waals surface area contributed by atoms with Gasteiger partial charge in [-0.2, -0.15) is 0 Å². The average Bonchev–Trinajstić information content (AvgIpc) is 2.27. The number of nitrogens with zero attached hydrogens (tertiary/aromatic N) is 1. The molecule has 1 aromatic rings. The fourth-order valence-corrected chi connectivity index (χ4v) is 1.63. The Morgan fingerprint density at radius 2 is 2.19 bits per heavy atom. The number of unbranched alkanes of at least 4 members (excludes halogenated alkanes) is 1. The fourth-order valence-electron chi connectivity index (χ4n) is 1.63. The van der Waals surface area contributed by atoms with E-state index in [4.69, 9.17) is 4.74 Å². The Kier molecular flexibility index (Phi) is 4.96. The van der Waals surface area contributed by atoms with E-state index in [9.17, 15) is 4.79 Å². The number of ether oxygens (including phenoxy) is 1. The summed E-state index contributed by atoms with van der Waals surface area (Å²) in [5.74, 6) is -0.308. The van der Waals surface area contributed by atoms with Gasteiger partial charge in [0.1, 0.15) is 0 Å². The predicted molar refractivity (Wildman–Crippen MR) is 63.5 cm³/mol. The summed E-state index contributed by atoms with van der Waals surface area (Å²) in [6.07, 6.45) is 4.73. The van der Waals surface area contributed by atoms with Crippen molar-refractivity contribution in [1.29, 1.82) is 0 Å². The van der Waals surface area contributed by atoms with Crippen LogP contribution >= 0.6 is 0 Å². The van der Waals surface area contributed by atoms with Crippen molar-refractivity contribution >= 4 is 5.97 Å². The van der Waals surface area contributed by atoms with Crippen LogP contribution in [0.15, 0.2) is 12.3 Å². The maximum Gasteiger partial charge on any atom is 0.357 e. The molecule has 88 valence electrons. The number of aryl methyl sites for hydroxylation is 1. The topological polar surface area (TPSA) is 39.2 Å². The molecule has 3 nitrogen and oxygen atoms in total. The van der Waals surface area contributed by atoms with Crippen molar-refractivity contribution in [2.45, 2.75) is 40.0 Å². The van der Waals surface area contributed by atoms with Crippen LogP contribution in [0.3, 0.4) is 0 Å². The highest BCUT2D eigenvalue weighted by molar-refractivity contribution is 5.89. The zero-order chi connectivity index (χ0) is 12.0. The summed E-state index contributed by atoms with van der Waals surface area (Å²) in [6.45, 7) is 6.34. The van der Waals surface area contributed by atoms with Gasteiger partial charge in [-0.15, -0.1) is 0 Å². The van der Waals surface area contributed by atoms with Gasteiger partial charge in [-0.25, -0.2) is 9.78 Å². The van der Waals surface area contributed by atoms with Crippen LogP contribution in [0.1, 0.15) is 48.3 Å². The van der Waals surface area contributed by atoms with Crippen molar-refractivity contribution in [3.8, 4) is 0 Å². The van der Waals surface area contributed by atoms with Gasteiger partial charge in [0.15, 0.2) is 5.69 Å². The van der Waals surface area contributed by atoms with Gasteiger partial charge in [0.25, 0.3) is 0 Å². The normalized spacial score (nSPS) is 10.2. The highest BCUT2D eigenvalue weighted by Crippen LogP contribution is 2.15. The second kappa shape index (κ2) is 6.26. The Morgan fingerprint density at radius 1 is 1.44 bits per heavy atom. The first-order valence-corrected chi connectivity index (χ1v) is 5.82. The minimum absolute atomic E-state index is 0.308. The van der Waals surface area contributed by atoms with Crippen molar-refractivity contribution < 1.29 is 9.53 Å². The molecular formula is C13H19NO2. The summed E-state index contributed by atoms with van der Waals surface area (Å²) in [6, 6.07) is 1.94. The Balaban J connectivity index is 2.97. The molecule has 0 radical (unpaired) electrons. The number of carbonyl (C=O) groups excluding carboxylic acids is 1. The molecule has 0 spiro atoms. The summed E-state index contributed by atoms with van der Waals surface area (Å²) in [5.41, 5.74) is 2.63. The predicted octanol–water partition coefficient (Wildman–Crippen LogP) is 2.91. The van der Waals surface area contributed by atoms with E-state index in [1.165, 1.54) is 0 Å². The molecule has 1 aromatic heterocycles. The lowest BCUT2D eigenvalue weighted by molar-refractivity contribution is 0.0518. The minimum Gasteiger partial charge on any atom is -0.461 e. The van der Waals surface area contributed by atoms with Crippen molar-refractivity contribution in [3.63, 3.8) is 0 Å². The van der Waals surface area contributed by atoms with Crippen molar-refractivity contribution in [1.82, 2.24) is 4.98 Å². The Labute approximate surface area is 96.8 Å². The first-order chi connectivity index (χ1) is 7.70. The van der Waals surface area contributed by atoms with Crippen LogP contribution < -0.4 is 0 Å². The minimum atomic E-state index is -0.308. The first-order valence-electron chi connectivity index (χ1n) is 5.82. The van der Waals surface area contributed by atoms with Crippen LogP contribution in [0.5, 0.6) is 0 Å². The molecule has 16 heavy (non-hydrogen) atoms. The van der Waals surface area contributed by atoms with Crippen molar-refractivity contribution in [3.05, 3.63) is 29.1 Å². The molecule has 1 rings (SSSR count). The number of hydrogen-bond donors (Lipinski definition) is 0. The van der Waals surface area contributed by atoms with Gasteiger partial charge >= 0.3 is 5.97 Å². The van der Waals surface area contributed by atoms with Crippen LogP contribution in [0.25, 0.3) is 0 Å².